The minimum Gasteiger partial charge on any atom is -0.288 e. The monoisotopic (exact) mass is 410 g/mol. The van der Waals surface area contributed by atoms with E-state index < -0.39 is 15.6 Å². The number of Topliss-reactive ketones (excluding diaryl/α,β-unsaturated/α-hetero) is 1. The van der Waals surface area contributed by atoms with E-state index >= 15 is 0 Å². The maximum absolute atomic E-state index is 12.7. The molecule has 0 bridgehead atoms. The third-order valence-corrected chi connectivity index (χ3v) is 8.55. The molecule has 0 fully saturated rings. The number of hydrogen-bond acceptors (Lipinski definition) is 5. The third-order valence-electron chi connectivity index (χ3n) is 3.39. The lowest BCUT2D eigenvalue weighted by Gasteiger charge is -2.00. The number of thioether (sulfide) groups is 2. The van der Waals surface area contributed by atoms with Gasteiger partial charge in [-0.3, -0.25) is 4.79 Å². The molecule has 110 valence electrons. The van der Waals surface area contributed by atoms with Crippen molar-refractivity contribution in [1.82, 2.24) is 0 Å². The second-order valence-corrected chi connectivity index (χ2v) is 9.87. The topological polar surface area (TPSA) is 51.2 Å². The largest absolute Gasteiger partial charge is 0.288 e. The van der Waals surface area contributed by atoms with Crippen molar-refractivity contribution < 1.29 is 13.2 Å². The van der Waals surface area contributed by atoms with Gasteiger partial charge in [-0.2, -0.15) is 0 Å². The van der Waals surface area contributed by atoms with E-state index in [0.29, 0.717) is 4.24 Å². The van der Waals surface area contributed by atoms with Crippen molar-refractivity contribution in [3.05, 3.63) is 61.6 Å². The fourth-order valence-corrected chi connectivity index (χ4v) is 7.70. The highest BCUT2D eigenvalue weighted by Gasteiger charge is 2.42. The molecule has 2 aromatic carbocycles. The summed E-state index contributed by atoms with van der Waals surface area (Å²) in [5.41, 5.74) is 0.267. The summed E-state index contributed by atoms with van der Waals surface area (Å²) in [7, 11) is -3.73. The Labute approximate surface area is 144 Å². The van der Waals surface area contributed by atoms with Gasteiger partial charge in [0.05, 0.1) is 9.13 Å². The van der Waals surface area contributed by atoms with Crippen LogP contribution in [0.15, 0.2) is 70.8 Å². The Bertz CT molecular complexity index is 977. The molecular weight excluding hydrogens is 404 g/mol. The molecule has 0 atom stereocenters. The van der Waals surface area contributed by atoms with Gasteiger partial charge in [-0.15, -0.1) is 0 Å². The number of hydrogen-bond donors (Lipinski definition) is 0. The first-order chi connectivity index (χ1) is 10.5. The van der Waals surface area contributed by atoms with Crippen LogP contribution in [0.4, 0.5) is 0 Å². The molecule has 0 aliphatic carbocycles. The normalized spacial score (nSPS) is 21.8. The first-order valence-electron chi connectivity index (χ1n) is 6.27. The minimum atomic E-state index is -3.73. The van der Waals surface area contributed by atoms with E-state index in [1.54, 1.807) is 18.2 Å². The third kappa shape index (κ3) is 2.03. The first-order valence-corrected chi connectivity index (χ1v) is 10.2. The van der Waals surface area contributed by atoms with Crippen molar-refractivity contribution in [2.75, 3.05) is 0 Å². The van der Waals surface area contributed by atoms with E-state index in [1.165, 1.54) is 29.6 Å². The van der Waals surface area contributed by atoms with Crippen LogP contribution in [0.3, 0.4) is 0 Å². The molecule has 0 saturated carbocycles. The Balaban J connectivity index is 1.91. The summed E-state index contributed by atoms with van der Waals surface area (Å²) in [5.74, 6) is -0.405. The van der Waals surface area contributed by atoms with Gasteiger partial charge in [-0.25, -0.2) is 8.42 Å². The average molecular weight is 411 g/mol. The van der Waals surface area contributed by atoms with E-state index in [9.17, 15) is 13.2 Å². The van der Waals surface area contributed by atoms with Crippen LogP contribution >= 0.6 is 39.5 Å². The molecule has 0 N–H and O–H groups in total. The van der Waals surface area contributed by atoms with Gasteiger partial charge in [0.1, 0.15) is 4.91 Å². The zero-order valence-corrected chi connectivity index (χ0v) is 14.9. The number of fused-ring (bicyclic) bond motifs is 2. The SMILES string of the molecule is O=C1/C(=C2\Sc3ccc(Br)cc3S2)S(=O)(=O)c2ccccc21. The van der Waals surface area contributed by atoms with Crippen LogP contribution in [0, 0.1) is 0 Å². The summed E-state index contributed by atoms with van der Waals surface area (Å²) in [4.78, 5) is 14.5. The maximum Gasteiger partial charge on any atom is 0.212 e. The maximum atomic E-state index is 12.7. The van der Waals surface area contributed by atoms with Crippen molar-refractivity contribution in [3.8, 4) is 0 Å². The second-order valence-electron chi connectivity index (χ2n) is 4.74. The fraction of sp³-hybridized carbons (Fsp3) is 0. The van der Waals surface area contributed by atoms with Gasteiger partial charge in [-0.05, 0) is 30.3 Å². The molecule has 2 aliphatic heterocycles. The molecule has 4 rings (SSSR count). The van der Waals surface area contributed by atoms with Gasteiger partial charge >= 0.3 is 0 Å². The number of carbonyl (C=O) groups is 1. The lowest BCUT2D eigenvalue weighted by Crippen LogP contribution is -2.03. The quantitative estimate of drug-likeness (QED) is 0.598. The average Bonchev–Trinajstić information content (AvgIpc) is 2.96. The van der Waals surface area contributed by atoms with Crippen molar-refractivity contribution >= 4 is 55.1 Å². The summed E-state index contributed by atoms with van der Waals surface area (Å²) < 4.78 is 26.8. The first kappa shape index (κ1) is 14.6. The highest BCUT2D eigenvalue weighted by molar-refractivity contribution is 9.10. The smallest absolute Gasteiger partial charge is 0.212 e. The Kier molecular flexibility index (Phi) is 3.30. The van der Waals surface area contributed by atoms with E-state index in [4.69, 9.17) is 0 Å². The zero-order chi connectivity index (χ0) is 15.5. The van der Waals surface area contributed by atoms with Crippen LogP contribution in [0.25, 0.3) is 0 Å². The van der Waals surface area contributed by atoms with E-state index in [1.807, 2.05) is 18.2 Å². The highest BCUT2D eigenvalue weighted by atomic mass is 79.9. The van der Waals surface area contributed by atoms with Crippen LogP contribution in [0.5, 0.6) is 0 Å². The van der Waals surface area contributed by atoms with Crippen LogP contribution in [0.1, 0.15) is 10.4 Å². The fourth-order valence-electron chi connectivity index (χ4n) is 2.40. The van der Waals surface area contributed by atoms with Crippen LogP contribution in [0.2, 0.25) is 0 Å². The van der Waals surface area contributed by atoms with E-state index in [2.05, 4.69) is 15.9 Å². The molecule has 0 amide bonds. The number of allylic oxidation sites excluding steroid dienone is 1. The Hall–Kier alpha value is -1.02. The highest BCUT2D eigenvalue weighted by Crippen LogP contribution is 2.55. The standard InChI is InChI=1S/C15H7BrO3S3/c16-8-5-6-10-11(7-8)21-15(20-10)14-13(17)9-3-1-2-4-12(9)22(14,18)19/h1-7H/b15-14-. The van der Waals surface area contributed by atoms with Crippen molar-refractivity contribution in [2.45, 2.75) is 14.7 Å². The lowest BCUT2D eigenvalue weighted by atomic mass is 10.1. The lowest BCUT2D eigenvalue weighted by molar-refractivity contribution is 0.104. The van der Waals surface area contributed by atoms with E-state index in [0.717, 1.165) is 14.3 Å². The molecule has 0 aromatic heterocycles. The molecule has 3 nitrogen and oxygen atoms in total. The molecule has 0 spiro atoms. The molecule has 0 unspecified atom stereocenters. The molecule has 22 heavy (non-hydrogen) atoms. The Morgan fingerprint density at radius 3 is 2.45 bits per heavy atom. The molecule has 0 saturated heterocycles. The van der Waals surface area contributed by atoms with Gasteiger partial charge in [-0.1, -0.05) is 51.6 Å². The number of halogens is 1. The summed E-state index contributed by atoms with van der Waals surface area (Å²) >= 11 is 6.08. The zero-order valence-electron chi connectivity index (χ0n) is 10.9. The van der Waals surface area contributed by atoms with E-state index in [-0.39, 0.29) is 15.4 Å². The number of carbonyl (C=O) groups excluding carboxylic acids is 1. The van der Waals surface area contributed by atoms with Gasteiger partial charge in [0.15, 0.2) is 0 Å². The summed E-state index contributed by atoms with van der Waals surface area (Å²) in [6.07, 6.45) is 0. The second kappa shape index (κ2) is 4.99. The van der Waals surface area contributed by atoms with Gasteiger partial charge in [0, 0.05) is 19.8 Å². The minimum absolute atomic E-state index is 0.0870. The van der Waals surface area contributed by atoms with Crippen LogP contribution in [-0.2, 0) is 9.84 Å². The number of benzene rings is 2. The molecule has 7 heteroatoms. The molecule has 0 radical (unpaired) electrons. The van der Waals surface area contributed by atoms with Crippen molar-refractivity contribution in [2.24, 2.45) is 0 Å². The predicted molar refractivity (Wildman–Crippen MR) is 90.8 cm³/mol. The van der Waals surface area contributed by atoms with Crippen LogP contribution in [-0.4, -0.2) is 14.2 Å². The molecule has 2 aliphatic rings. The molecular formula is C15H7BrO3S3. The molecule has 2 aromatic rings. The summed E-state index contributed by atoms with van der Waals surface area (Å²) in [6, 6.07) is 12.1. The Morgan fingerprint density at radius 2 is 1.68 bits per heavy atom. The van der Waals surface area contributed by atoms with Crippen LogP contribution < -0.4 is 0 Å². The number of rotatable bonds is 0. The molecule has 2 heterocycles. The summed E-state index contributed by atoms with van der Waals surface area (Å²) in [6.45, 7) is 0. The van der Waals surface area contributed by atoms with Crippen molar-refractivity contribution in [3.63, 3.8) is 0 Å². The van der Waals surface area contributed by atoms with Crippen molar-refractivity contribution in [1.29, 1.82) is 0 Å². The number of sulfone groups is 1. The van der Waals surface area contributed by atoms with Gasteiger partial charge < -0.3 is 0 Å². The number of ketones is 1. The Morgan fingerprint density at radius 1 is 0.955 bits per heavy atom. The van der Waals surface area contributed by atoms with Gasteiger partial charge in [0.25, 0.3) is 0 Å². The predicted octanol–water partition coefficient (Wildman–Crippen LogP) is 4.49. The summed E-state index contributed by atoms with van der Waals surface area (Å²) in [5, 5.41) is 0. The van der Waals surface area contributed by atoms with Gasteiger partial charge in [0.2, 0.25) is 15.6 Å².